The van der Waals surface area contributed by atoms with Gasteiger partial charge in [0.1, 0.15) is 5.84 Å². The molecule has 1 spiro atoms. The van der Waals surface area contributed by atoms with Crippen LogP contribution in [0.1, 0.15) is 93.3 Å². The molecule has 1 fully saturated rings. The average molecular weight is 988 g/mol. The van der Waals surface area contributed by atoms with Crippen molar-refractivity contribution < 1.29 is 0 Å². The molecule has 77 heavy (non-hydrogen) atoms. The van der Waals surface area contributed by atoms with Crippen LogP contribution in [0, 0.1) is 6.92 Å². The van der Waals surface area contributed by atoms with E-state index in [0.717, 1.165) is 38.9 Å². The Kier molecular flexibility index (Phi) is 11.2. The molecule has 3 nitrogen and oxygen atoms in total. The summed E-state index contributed by atoms with van der Waals surface area (Å²) in [5.74, 6) is 1.62. The van der Waals surface area contributed by atoms with Gasteiger partial charge < -0.3 is 5.73 Å². The molecule has 0 aliphatic heterocycles. The zero-order valence-corrected chi connectivity index (χ0v) is 43.5. The lowest BCUT2D eigenvalue weighted by molar-refractivity contribution is 0.422. The first-order valence-electron chi connectivity index (χ1n) is 27.2. The highest BCUT2D eigenvalue weighted by Gasteiger charge is 2.52. The molecule has 0 aromatic heterocycles. The Labute approximate surface area is 451 Å². The summed E-state index contributed by atoms with van der Waals surface area (Å²) in [5, 5.41) is 8.18. The van der Waals surface area contributed by atoms with Crippen LogP contribution in [0.5, 0.6) is 0 Å². The summed E-state index contributed by atoms with van der Waals surface area (Å²) in [6.07, 6.45) is 9.89. The van der Waals surface area contributed by atoms with E-state index in [0.29, 0.717) is 24.1 Å². The van der Waals surface area contributed by atoms with Crippen LogP contribution in [0.4, 0.5) is 0 Å². The molecule has 11 aromatic carbocycles. The van der Waals surface area contributed by atoms with Gasteiger partial charge in [-0.2, -0.15) is 0 Å². The Morgan fingerprint density at radius 2 is 1.22 bits per heavy atom. The van der Waals surface area contributed by atoms with Crippen molar-refractivity contribution in [3.63, 3.8) is 0 Å². The fourth-order valence-electron chi connectivity index (χ4n) is 13.3. The smallest absolute Gasteiger partial charge is 0.157 e. The van der Waals surface area contributed by atoms with E-state index in [4.69, 9.17) is 15.7 Å². The van der Waals surface area contributed by atoms with E-state index in [2.05, 4.69) is 208 Å². The molecule has 2 N–H and O–H groups in total. The molecule has 0 saturated heterocycles. The maximum absolute atomic E-state index is 6.73. The van der Waals surface area contributed by atoms with Crippen LogP contribution in [0.2, 0.25) is 0 Å². The van der Waals surface area contributed by atoms with E-state index in [-0.39, 0.29) is 0 Å². The number of amidine groups is 2. The van der Waals surface area contributed by atoms with Gasteiger partial charge >= 0.3 is 0 Å². The number of nitrogens with two attached hydrogens (primary N) is 1. The minimum absolute atomic E-state index is 0.420. The molecular weight excluding hydrogens is 931 g/mol. The van der Waals surface area contributed by atoms with Crippen LogP contribution in [0.15, 0.2) is 235 Å². The molecule has 11 aromatic rings. The summed E-state index contributed by atoms with van der Waals surface area (Å²) in [6.45, 7) is 8.79. The molecule has 3 aliphatic rings. The van der Waals surface area contributed by atoms with Gasteiger partial charge in [0.15, 0.2) is 5.84 Å². The first kappa shape index (κ1) is 46.4. The van der Waals surface area contributed by atoms with E-state index in [1.54, 1.807) is 0 Å². The van der Waals surface area contributed by atoms with Crippen LogP contribution in [-0.2, 0) is 12.0 Å². The van der Waals surface area contributed by atoms with Gasteiger partial charge in [-0.15, -0.1) is 0 Å². The van der Waals surface area contributed by atoms with Crippen molar-refractivity contribution >= 4 is 56.1 Å². The highest BCUT2D eigenvalue weighted by Crippen LogP contribution is 2.64. The molecule has 1 saturated carbocycles. The second-order valence-electron chi connectivity index (χ2n) is 21.2. The summed E-state index contributed by atoms with van der Waals surface area (Å²) >= 11 is 0. The van der Waals surface area contributed by atoms with Gasteiger partial charge in [-0.25, -0.2) is 4.99 Å². The summed E-state index contributed by atoms with van der Waals surface area (Å²) in [5.41, 5.74) is 29.3. The Morgan fingerprint density at radius 3 is 1.96 bits per heavy atom. The molecule has 0 amide bonds. The number of benzene rings is 11. The van der Waals surface area contributed by atoms with Gasteiger partial charge in [-0.1, -0.05) is 225 Å². The SMILES string of the molecule is C=Cc1ccc(CN=C(N=C(N)c2ccccc2)c2ccc(-c3ccc4c(c3)C3(c5ccccc5-c5ccccc53)c3cccc(-c5ccc6c(c5)c5cccc(C7CCC7)c5c5c(C)cccc65)c3-4)cc2)cc1/C=C\C. The molecular formula is C74H57N3. The molecule has 368 valence electrons. The number of nitrogens with zero attached hydrogens (tertiary/aromatic N) is 2. The van der Waals surface area contributed by atoms with Crippen molar-refractivity contribution in [1.29, 1.82) is 0 Å². The standard InChI is InChI=1S/C74H57N3/c1-4-17-53-42-47(32-33-48(53)5-2)45-76-73(77-72(75)51-19-7-6-8-20-51)52-36-34-49(35-37-52)54-38-41-63-68(44-54)74(65-29-11-9-23-59(65)60-24-10-12-30-66(60)74)67-31-16-26-57(70(63)67)55-39-40-58-61-27-13-18-46(3)69(61)71-56(50-21-14-22-50)25-15-28-62(71)64(58)43-55/h4-13,15-20,23-44,50H,2,14,21-22,45H2,1,3H3,(H2,75,76,77)/b17-4-. The Balaban J connectivity index is 0.926. The van der Waals surface area contributed by atoms with Crippen molar-refractivity contribution in [2.24, 2.45) is 15.7 Å². The number of hydrogen-bond acceptors (Lipinski definition) is 1. The topological polar surface area (TPSA) is 50.7 Å². The Morgan fingerprint density at radius 1 is 0.545 bits per heavy atom. The van der Waals surface area contributed by atoms with Gasteiger partial charge in [0.05, 0.1) is 12.0 Å². The number of aliphatic imine (C=N–C) groups is 2. The molecule has 0 heterocycles. The van der Waals surface area contributed by atoms with Gasteiger partial charge in [0.2, 0.25) is 0 Å². The van der Waals surface area contributed by atoms with E-state index in [1.165, 1.54) is 118 Å². The predicted molar refractivity (Wildman–Crippen MR) is 326 cm³/mol. The molecule has 0 bridgehead atoms. The monoisotopic (exact) mass is 987 g/mol. The highest BCUT2D eigenvalue weighted by atomic mass is 15.0. The fourth-order valence-corrected chi connectivity index (χ4v) is 13.3. The number of rotatable bonds is 9. The quantitative estimate of drug-likeness (QED) is 0.0874. The largest absolute Gasteiger partial charge is 0.383 e. The normalized spacial score (nSPS) is 14.5. The second kappa shape index (κ2) is 18.6. The van der Waals surface area contributed by atoms with E-state index >= 15 is 0 Å². The number of hydrogen-bond donors (Lipinski definition) is 1. The average Bonchev–Trinajstić information content (AvgIpc) is 3.80. The van der Waals surface area contributed by atoms with Gasteiger partial charge in [0.25, 0.3) is 0 Å². The lowest BCUT2D eigenvalue weighted by atomic mass is 9.70. The van der Waals surface area contributed by atoms with E-state index in [1.807, 2.05) is 43.3 Å². The van der Waals surface area contributed by atoms with Crippen molar-refractivity contribution in [2.45, 2.75) is 51.0 Å². The predicted octanol–water partition coefficient (Wildman–Crippen LogP) is 18.4. The fraction of sp³-hybridized carbons (Fsp3) is 0.108. The molecule has 3 heteroatoms. The first-order chi connectivity index (χ1) is 37.9. The first-order valence-corrected chi connectivity index (χ1v) is 27.2. The van der Waals surface area contributed by atoms with Crippen LogP contribution in [0.25, 0.3) is 89.0 Å². The minimum atomic E-state index is -0.529. The Bertz CT molecular complexity index is 4270. The maximum atomic E-state index is 6.73. The van der Waals surface area contributed by atoms with E-state index in [9.17, 15) is 0 Å². The lowest BCUT2D eigenvalue weighted by Crippen LogP contribution is -2.25. The molecule has 0 atom stereocenters. The lowest BCUT2D eigenvalue weighted by Gasteiger charge is -2.31. The summed E-state index contributed by atoms with van der Waals surface area (Å²) in [6, 6.07) is 78.7. The van der Waals surface area contributed by atoms with Crippen LogP contribution < -0.4 is 5.73 Å². The van der Waals surface area contributed by atoms with Crippen molar-refractivity contribution in [1.82, 2.24) is 0 Å². The van der Waals surface area contributed by atoms with Crippen LogP contribution in [-0.4, -0.2) is 11.7 Å². The van der Waals surface area contributed by atoms with Crippen molar-refractivity contribution in [2.75, 3.05) is 0 Å². The molecule has 14 rings (SSSR count). The van der Waals surface area contributed by atoms with Crippen molar-refractivity contribution in [3.8, 4) is 44.5 Å². The van der Waals surface area contributed by atoms with Crippen LogP contribution in [0.3, 0.4) is 0 Å². The number of fused-ring (bicyclic) bond motifs is 16. The van der Waals surface area contributed by atoms with Gasteiger partial charge in [0, 0.05) is 11.1 Å². The molecule has 3 aliphatic carbocycles. The zero-order chi connectivity index (χ0) is 51.8. The molecule has 0 radical (unpaired) electrons. The zero-order valence-electron chi connectivity index (χ0n) is 43.5. The van der Waals surface area contributed by atoms with Crippen LogP contribution >= 0.6 is 0 Å². The summed E-state index contributed by atoms with van der Waals surface area (Å²) in [4.78, 5) is 10.1. The molecule has 0 unspecified atom stereocenters. The second-order valence-corrected chi connectivity index (χ2v) is 21.2. The van der Waals surface area contributed by atoms with E-state index < -0.39 is 5.41 Å². The number of aryl methyl sites for hydroxylation is 1. The van der Waals surface area contributed by atoms with Gasteiger partial charge in [-0.3, -0.25) is 4.99 Å². The highest BCUT2D eigenvalue weighted by molar-refractivity contribution is 6.27. The Hall–Kier alpha value is -9.18. The number of allylic oxidation sites excluding steroid dienone is 1. The summed E-state index contributed by atoms with van der Waals surface area (Å²) < 4.78 is 0. The summed E-state index contributed by atoms with van der Waals surface area (Å²) in [7, 11) is 0. The maximum Gasteiger partial charge on any atom is 0.157 e. The van der Waals surface area contributed by atoms with Crippen molar-refractivity contribution in [3.05, 3.63) is 286 Å². The minimum Gasteiger partial charge on any atom is -0.383 e. The third-order valence-corrected chi connectivity index (χ3v) is 17.1. The third-order valence-electron chi connectivity index (χ3n) is 17.1. The van der Waals surface area contributed by atoms with Gasteiger partial charge in [-0.05, 0) is 178 Å². The third kappa shape index (κ3) is 7.32.